The number of aliphatic carboxylic acids is 1. The monoisotopic (exact) mass is 267 g/mol. The molecule has 2 N–H and O–H groups in total. The van der Waals surface area contributed by atoms with Gasteiger partial charge in [0.2, 0.25) is 5.89 Å². The summed E-state index contributed by atoms with van der Waals surface area (Å²) in [5.74, 6) is -0.579. The van der Waals surface area contributed by atoms with E-state index in [0.29, 0.717) is 31.2 Å². The van der Waals surface area contributed by atoms with Gasteiger partial charge in [0.1, 0.15) is 0 Å². The first-order valence-electron chi connectivity index (χ1n) is 6.37. The Labute approximate surface area is 110 Å². The van der Waals surface area contributed by atoms with E-state index in [9.17, 15) is 9.59 Å². The Morgan fingerprint density at radius 2 is 2.05 bits per heavy atom. The van der Waals surface area contributed by atoms with Crippen LogP contribution in [0.15, 0.2) is 4.52 Å². The van der Waals surface area contributed by atoms with Crippen molar-refractivity contribution < 1.29 is 19.2 Å². The second-order valence-electron chi connectivity index (χ2n) is 4.90. The van der Waals surface area contributed by atoms with Crippen molar-refractivity contribution in [2.24, 2.45) is 11.8 Å². The van der Waals surface area contributed by atoms with Gasteiger partial charge in [-0.1, -0.05) is 5.16 Å². The molecule has 0 spiro atoms. The molecule has 1 aromatic heterocycles. The Balaban J connectivity index is 1.75. The number of carbonyl (C=O) groups excluding carboxylic acids is 1. The SMILES string of the molecule is Cc1nc(C(=O)NCC2CCC(C(=O)O)CC2)no1. The molecule has 0 unspecified atom stereocenters. The summed E-state index contributed by atoms with van der Waals surface area (Å²) < 4.78 is 4.73. The first-order valence-corrected chi connectivity index (χ1v) is 6.37. The molecule has 0 aromatic carbocycles. The number of nitrogens with one attached hydrogen (secondary N) is 1. The van der Waals surface area contributed by atoms with Gasteiger partial charge in [-0.2, -0.15) is 4.98 Å². The summed E-state index contributed by atoms with van der Waals surface area (Å²) in [6, 6.07) is 0. The number of carboxylic acids is 1. The van der Waals surface area contributed by atoms with Crippen molar-refractivity contribution >= 4 is 11.9 Å². The number of carbonyl (C=O) groups is 2. The maximum Gasteiger partial charge on any atom is 0.306 e. The number of nitrogens with zero attached hydrogens (tertiary/aromatic N) is 2. The lowest BCUT2D eigenvalue weighted by Crippen LogP contribution is -2.32. The minimum absolute atomic E-state index is 0.0386. The van der Waals surface area contributed by atoms with Crippen LogP contribution in [0.3, 0.4) is 0 Å². The standard InChI is InChI=1S/C12H17N3O4/c1-7-14-10(15-19-7)11(16)13-6-8-2-4-9(5-3-8)12(17)18/h8-9H,2-6H2,1H3,(H,13,16)(H,17,18). The van der Waals surface area contributed by atoms with Gasteiger partial charge in [0.15, 0.2) is 0 Å². The number of hydrogen-bond donors (Lipinski definition) is 2. The van der Waals surface area contributed by atoms with Crippen molar-refractivity contribution in [3.05, 3.63) is 11.7 Å². The Kier molecular flexibility index (Phi) is 4.13. The number of hydrogen-bond acceptors (Lipinski definition) is 5. The first kappa shape index (κ1) is 13.5. The fourth-order valence-electron chi connectivity index (χ4n) is 2.32. The normalized spacial score (nSPS) is 23.0. The molecule has 1 aliphatic carbocycles. The average Bonchev–Trinajstić information content (AvgIpc) is 2.83. The Bertz CT molecular complexity index is 463. The zero-order chi connectivity index (χ0) is 13.8. The largest absolute Gasteiger partial charge is 0.481 e. The summed E-state index contributed by atoms with van der Waals surface area (Å²) in [5, 5.41) is 15.2. The van der Waals surface area contributed by atoms with Crippen LogP contribution in [0.2, 0.25) is 0 Å². The Hall–Kier alpha value is -1.92. The van der Waals surface area contributed by atoms with Crippen LogP contribution < -0.4 is 5.32 Å². The fourth-order valence-corrected chi connectivity index (χ4v) is 2.32. The molecule has 1 aliphatic rings. The van der Waals surface area contributed by atoms with E-state index in [1.165, 1.54) is 0 Å². The number of amides is 1. The quantitative estimate of drug-likeness (QED) is 0.843. The number of aryl methyl sites for hydroxylation is 1. The van der Waals surface area contributed by atoms with Crippen molar-refractivity contribution in [2.75, 3.05) is 6.54 Å². The minimum Gasteiger partial charge on any atom is -0.481 e. The average molecular weight is 267 g/mol. The third kappa shape index (κ3) is 3.52. The van der Waals surface area contributed by atoms with E-state index in [-0.39, 0.29) is 17.6 Å². The molecule has 0 aliphatic heterocycles. The molecule has 0 atom stereocenters. The van der Waals surface area contributed by atoms with Crippen molar-refractivity contribution in [1.29, 1.82) is 0 Å². The summed E-state index contributed by atoms with van der Waals surface area (Å²) >= 11 is 0. The second-order valence-corrected chi connectivity index (χ2v) is 4.90. The van der Waals surface area contributed by atoms with Gasteiger partial charge >= 0.3 is 5.97 Å². The zero-order valence-corrected chi connectivity index (χ0v) is 10.8. The number of carboxylic acid groups (broad SMARTS) is 1. The summed E-state index contributed by atoms with van der Waals surface area (Å²) in [6.07, 6.45) is 3.00. The maximum atomic E-state index is 11.7. The van der Waals surface area contributed by atoms with Crippen molar-refractivity contribution in [3.8, 4) is 0 Å². The molecular weight excluding hydrogens is 250 g/mol. The van der Waals surface area contributed by atoms with Gasteiger partial charge < -0.3 is 14.9 Å². The van der Waals surface area contributed by atoms with Crippen LogP contribution in [-0.2, 0) is 4.79 Å². The van der Waals surface area contributed by atoms with Crippen LogP contribution in [0.1, 0.15) is 42.2 Å². The lowest BCUT2D eigenvalue weighted by molar-refractivity contribution is -0.143. The van der Waals surface area contributed by atoms with Crippen LogP contribution in [0.25, 0.3) is 0 Å². The van der Waals surface area contributed by atoms with Crippen molar-refractivity contribution in [3.63, 3.8) is 0 Å². The van der Waals surface area contributed by atoms with E-state index in [1.54, 1.807) is 6.92 Å². The molecule has 0 bridgehead atoms. The summed E-state index contributed by atoms with van der Waals surface area (Å²) in [4.78, 5) is 26.3. The van der Waals surface area contributed by atoms with E-state index >= 15 is 0 Å². The van der Waals surface area contributed by atoms with Crippen LogP contribution in [0.4, 0.5) is 0 Å². The van der Waals surface area contributed by atoms with E-state index < -0.39 is 5.97 Å². The molecule has 1 aromatic rings. The molecule has 1 fully saturated rings. The highest BCUT2D eigenvalue weighted by Gasteiger charge is 2.26. The molecule has 1 saturated carbocycles. The van der Waals surface area contributed by atoms with E-state index in [2.05, 4.69) is 15.5 Å². The lowest BCUT2D eigenvalue weighted by Gasteiger charge is -2.25. The van der Waals surface area contributed by atoms with E-state index in [0.717, 1.165) is 12.8 Å². The molecule has 7 nitrogen and oxygen atoms in total. The van der Waals surface area contributed by atoms with Gasteiger partial charge in [-0.15, -0.1) is 0 Å². The topological polar surface area (TPSA) is 105 Å². The van der Waals surface area contributed by atoms with Crippen molar-refractivity contribution in [1.82, 2.24) is 15.5 Å². The molecule has 2 rings (SSSR count). The third-order valence-corrected chi connectivity index (χ3v) is 3.48. The summed E-state index contributed by atoms with van der Waals surface area (Å²) in [6.45, 7) is 2.15. The summed E-state index contributed by atoms with van der Waals surface area (Å²) in [5.41, 5.74) is 0. The van der Waals surface area contributed by atoms with Crippen LogP contribution in [-0.4, -0.2) is 33.7 Å². The maximum absolute atomic E-state index is 11.7. The Morgan fingerprint density at radius 1 is 1.37 bits per heavy atom. The van der Waals surface area contributed by atoms with Crippen LogP contribution >= 0.6 is 0 Å². The van der Waals surface area contributed by atoms with E-state index in [4.69, 9.17) is 9.63 Å². The van der Waals surface area contributed by atoms with Crippen LogP contribution in [0.5, 0.6) is 0 Å². The van der Waals surface area contributed by atoms with Gasteiger partial charge in [0.05, 0.1) is 5.92 Å². The van der Waals surface area contributed by atoms with Gasteiger partial charge in [-0.25, -0.2) is 0 Å². The van der Waals surface area contributed by atoms with Crippen LogP contribution in [0, 0.1) is 18.8 Å². The molecule has 0 radical (unpaired) electrons. The number of rotatable bonds is 4. The van der Waals surface area contributed by atoms with Gasteiger partial charge in [0, 0.05) is 13.5 Å². The minimum atomic E-state index is -0.718. The second kappa shape index (κ2) is 5.81. The molecule has 19 heavy (non-hydrogen) atoms. The predicted octanol–water partition coefficient (Wildman–Crippen LogP) is 0.999. The van der Waals surface area contributed by atoms with E-state index in [1.807, 2.05) is 0 Å². The highest BCUT2D eigenvalue weighted by atomic mass is 16.5. The third-order valence-electron chi connectivity index (χ3n) is 3.48. The molecule has 0 saturated heterocycles. The molecule has 1 heterocycles. The number of aromatic nitrogens is 2. The molecular formula is C12H17N3O4. The summed E-state index contributed by atoms with van der Waals surface area (Å²) in [7, 11) is 0. The molecule has 7 heteroatoms. The lowest BCUT2D eigenvalue weighted by atomic mass is 9.82. The van der Waals surface area contributed by atoms with Gasteiger partial charge in [0.25, 0.3) is 11.7 Å². The predicted molar refractivity (Wildman–Crippen MR) is 64.5 cm³/mol. The first-order chi connectivity index (χ1) is 9.06. The highest BCUT2D eigenvalue weighted by molar-refractivity contribution is 5.90. The van der Waals surface area contributed by atoms with Gasteiger partial charge in [-0.05, 0) is 31.6 Å². The highest BCUT2D eigenvalue weighted by Crippen LogP contribution is 2.28. The molecule has 104 valence electrons. The zero-order valence-electron chi connectivity index (χ0n) is 10.8. The molecule has 1 amide bonds. The van der Waals surface area contributed by atoms with Gasteiger partial charge in [-0.3, -0.25) is 9.59 Å². The smallest absolute Gasteiger partial charge is 0.306 e. The fraction of sp³-hybridized carbons (Fsp3) is 0.667. The Morgan fingerprint density at radius 3 is 2.58 bits per heavy atom. The van der Waals surface area contributed by atoms with Crippen molar-refractivity contribution in [2.45, 2.75) is 32.6 Å².